The smallest absolute Gasteiger partial charge is 0.127 e. The van der Waals surface area contributed by atoms with E-state index in [0.29, 0.717) is 24.1 Å². The van der Waals surface area contributed by atoms with Crippen LogP contribution in [-0.4, -0.2) is 6.04 Å². The van der Waals surface area contributed by atoms with Gasteiger partial charge in [-0.3, -0.25) is 4.72 Å². The molecule has 0 heterocycles. The van der Waals surface area contributed by atoms with Crippen LogP contribution in [0.5, 0.6) is 5.75 Å². The van der Waals surface area contributed by atoms with Crippen LogP contribution in [0.1, 0.15) is 80.5 Å². The van der Waals surface area contributed by atoms with Gasteiger partial charge in [0.2, 0.25) is 0 Å². The Morgan fingerprint density at radius 2 is 1.77 bits per heavy atom. The first kappa shape index (κ1) is 28.3. The highest BCUT2D eigenvalue weighted by Gasteiger charge is 2.57. The lowest BCUT2D eigenvalue weighted by molar-refractivity contribution is 0.303. The van der Waals surface area contributed by atoms with Gasteiger partial charge in [0.05, 0.1) is 11.6 Å². The molecule has 0 bridgehead atoms. The molecular weight excluding hydrogens is 508 g/mol. The Labute approximate surface area is 245 Å². The van der Waals surface area contributed by atoms with Crippen molar-refractivity contribution in [2.24, 2.45) is 11.3 Å². The standard InChI is InChI=1S/C36H40N2OS/c1-3-4-5-7-14-30-23-32-33(38-40)21-22-36(32,35(30)29-12-8-6-9-13-29)26(2)31-15-10-11-16-34(31)39-25-28-19-17-27(24-37)18-20-28/h6,8-13,15-20,32-33,38,40H,2-5,7,14,21-23,25H2,1H3. The summed E-state index contributed by atoms with van der Waals surface area (Å²) < 4.78 is 9.82. The second-order valence-electron chi connectivity index (χ2n) is 11.3. The molecule has 3 atom stereocenters. The van der Waals surface area contributed by atoms with Crippen LogP contribution in [0.15, 0.2) is 91.0 Å². The van der Waals surface area contributed by atoms with Crippen molar-refractivity contribution in [3.05, 3.63) is 113 Å². The molecule has 5 rings (SSSR count). The normalized spacial score (nSPS) is 21.7. The number of ether oxygens (including phenoxy) is 1. The summed E-state index contributed by atoms with van der Waals surface area (Å²) in [6, 6.07) is 29.5. The Bertz CT molecular complexity index is 1390. The predicted octanol–water partition coefficient (Wildman–Crippen LogP) is 9.18. The van der Waals surface area contributed by atoms with E-state index >= 15 is 0 Å². The van der Waals surface area contributed by atoms with E-state index in [0.717, 1.165) is 48.1 Å². The van der Waals surface area contributed by atoms with E-state index in [4.69, 9.17) is 16.6 Å². The number of rotatable bonds is 12. The van der Waals surface area contributed by atoms with Crippen molar-refractivity contribution >= 4 is 24.0 Å². The molecule has 1 fully saturated rings. The predicted molar refractivity (Wildman–Crippen MR) is 169 cm³/mol. The number of hydrogen-bond acceptors (Lipinski definition) is 4. The van der Waals surface area contributed by atoms with Gasteiger partial charge in [0, 0.05) is 17.0 Å². The third-order valence-corrected chi connectivity index (χ3v) is 9.35. The molecule has 3 aromatic rings. The Morgan fingerprint density at radius 1 is 1.02 bits per heavy atom. The zero-order valence-corrected chi connectivity index (χ0v) is 24.4. The number of allylic oxidation sites excluding steroid dienone is 3. The van der Waals surface area contributed by atoms with Crippen molar-refractivity contribution in [3.63, 3.8) is 0 Å². The maximum atomic E-state index is 9.14. The van der Waals surface area contributed by atoms with Gasteiger partial charge in [0.25, 0.3) is 0 Å². The highest BCUT2D eigenvalue weighted by atomic mass is 32.1. The quantitative estimate of drug-likeness (QED) is 0.175. The van der Waals surface area contributed by atoms with Gasteiger partial charge in [-0.1, -0.05) is 112 Å². The highest BCUT2D eigenvalue weighted by molar-refractivity contribution is 7.78. The molecule has 3 nitrogen and oxygen atoms in total. The fourth-order valence-corrected chi connectivity index (χ4v) is 7.39. The molecule has 4 heteroatoms. The molecule has 0 aliphatic heterocycles. The molecule has 2 aliphatic rings. The number of nitrogens with one attached hydrogen (secondary N) is 1. The summed E-state index contributed by atoms with van der Waals surface area (Å²) in [5, 5.41) is 9.14. The number of nitrogens with zero attached hydrogens (tertiary/aromatic N) is 1. The van der Waals surface area contributed by atoms with Crippen molar-refractivity contribution in [3.8, 4) is 11.8 Å². The number of fused-ring (bicyclic) bond motifs is 1. The van der Waals surface area contributed by atoms with E-state index in [2.05, 4.69) is 79.1 Å². The fraction of sp³-hybridized carbons (Fsp3) is 0.361. The molecule has 0 aromatic heterocycles. The molecule has 0 radical (unpaired) electrons. The first-order valence-corrected chi connectivity index (χ1v) is 15.1. The molecular formula is C36H40N2OS. The minimum atomic E-state index is -0.171. The maximum Gasteiger partial charge on any atom is 0.127 e. The van der Waals surface area contributed by atoms with Gasteiger partial charge in [-0.05, 0) is 78.5 Å². The lowest BCUT2D eigenvalue weighted by Crippen LogP contribution is -2.33. The number of hydrogen-bond donors (Lipinski definition) is 2. The molecule has 3 aromatic carbocycles. The van der Waals surface area contributed by atoms with Crippen molar-refractivity contribution in [1.29, 1.82) is 5.26 Å². The van der Waals surface area contributed by atoms with E-state index < -0.39 is 0 Å². The average Bonchev–Trinajstić information content (AvgIpc) is 3.53. The van der Waals surface area contributed by atoms with Gasteiger partial charge in [-0.2, -0.15) is 5.26 Å². The summed E-state index contributed by atoms with van der Waals surface area (Å²) in [5.41, 5.74) is 8.18. The van der Waals surface area contributed by atoms with Gasteiger partial charge in [-0.25, -0.2) is 0 Å². The zero-order valence-electron chi connectivity index (χ0n) is 23.5. The maximum absolute atomic E-state index is 9.14. The van der Waals surface area contributed by atoms with Crippen LogP contribution < -0.4 is 9.46 Å². The van der Waals surface area contributed by atoms with E-state index in [9.17, 15) is 0 Å². The summed E-state index contributed by atoms with van der Waals surface area (Å²) in [5.74, 6) is 1.26. The summed E-state index contributed by atoms with van der Waals surface area (Å²) >= 11 is 4.60. The van der Waals surface area contributed by atoms with Crippen molar-refractivity contribution in [1.82, 2.24) is 4.72 Å². The van der Waals surface area contributed by atoms with E-state index in [1.807, 2.05) is 30.3 Å². The van der Waals surface area contributed by atoms with Crippen molar-refractivity contribution < 1.29 is 4.74 Å². The van der Waals surface area contributed by atoms with Gasteiger partial charge in [0.1, 0.15) is 12.4 Å². The first-order chi connectivity index (χ1) is 19.6. The number of unbranched alkanes of at least 4 members (excludes halogenated alkanes) is 3. The Balaban J connectivity index is 1.53. The number of para-hydroxylation sites is 1. The van der Waals surface area contributed by atoms with E-state index in [1.54, 1.807) is 5.57 Å². The van der Waals surface area contributed by atoms with Gasteiger partial charge in [0.15, 0.2) is 0 Å². The first-order valence-electron chi connectivity index (χ1n) is 14.7. The fourth-order valence-electron chi connectivity index (χ4n) is 7.08. The molecule has 2 aliphatic carbocycles. The largest absolute Gasteiger partial charge is 0.488 e. The monoisotopic (exact) mass is 548 g/mol. The highest BCUT2D eigenvalue weighted by Crippen LogP contribution is 2.66. The second-order valence-corrected chi connectivity index (χ2v) is 11.5. The second kappa shape index (κ2) is 12.9. The molecule has 0 saturated heterocycles. The SMILES string of the molecule is C=C(c1ccccc1OCc1ccc(C#N)cc1)C12CCC(NS)C1CC(CCCCCC)=C2c1ccccc1. The molecule has 40 heavy (non-hydrogen) atoms. The van der Waals surface area contributed by atoms with Crippen LogP contribution >= 0.6 is 12.8 Å². The van der Waals surface area contributed by atoms with Gasteiger partial charge >= 0.3 is 0 Å². The van der Waals surface area contributed by atoms with Gasteiger partial charge < -0.3 is 4.74 Å². The molecule has 3 unspecified atom stereocenters. The Kier molecular flexibility index (Phi) is 9.15. The minimum Gasteiger partial charge on any atom is -0.488 e. The molecule has 1 saturated carbocycles. The summed E-state index contributed by atoms with van der Waals surface area (Å²) in [6.45, 7) is 7.58. The van der Waals surface area contributed by atoms with E-state index in [1.165, 1.54) is 36.8 Å². The third kappa shape index (κ3) is 5.51. The average molecular weight is 549 g/mol. The molecule has 206 valence electrons. The number of nitriles is 1. The van der Waals surface area contributed by atoms with Crippen molar-refractivity contribution in [2.75, 3.05) is 0 Å². The van der Waals surface area contributed by atoms with Crippen LogP contribution in [0.2, 0.25) is 0 Å². The lowest BCUT2D eigenvalue weighted by atomic mass is 9.66. The minimum absolute atomic E-state index is 0.171. The lowest BCUT2D eigenvalue weighted by Gasteiger charge is -2.38. The van der Waals surface area contributed by atoms with Crippen LogP contribution in [0.25, 0.3) is 11.1 Å². The Hall–Kier alpha value is -3.26. The van der Waals surface area contributed by atoms with Gasteiger partial charge in [-0.15, -0.1) is 0 Å². The van der Waals surface area contributed by atoms with Crippen molar-refractivity contribution in [2.45, 2.75) is 70.9 Å². The molecule has 0 spiro atoms. The summed E-state index contributed by atoms with van der Waals surface area (Å²) in [7, 11) is 0. The Morgan fingerprint density at radius 3 is 2.50 bits per heavy atom. The van der Waals surface area contributed by atoms with Crippen LogP contribution in [0, 0.1) is 22.7 Å². The summed E-state index contributed by atoms with van der Waals surface area (Å²) in [6.07, 6.45) is 9.40. The number of thiol groups is 1. The summed E-state index contributed by atoms with van der Waals surface area (Å²) in [4.78, 5) is 0. The van der Waals surface area contributed by atoms with Crippen LogP contribution in [-0.2, 0) is 6.61 Å². The zero-order chi connectivity index (χ0) is 28.0. The molecule has 1 N–H and O–H groups in total. The topological polar surface area (TPSA) is 45.0 Å². The van der Waals surface area contributed by atoms with Crippen LogP contribution in [0.4, 0.5) is 0 Å². The molecule has 0 amide bonds. The number of benzene rings is 3. The van der Waals surface area contributed by atoms with E-state index in [-0.39, 0.29) is 5.41 Å². The van der Waals surface area contributed by atoms with Crippen LogP contribution in [0.3, 0.4) is 0 Å². The third-order valence-electron chi connectivity index (χ3n) is 9.02.